The smallest absolute Gasteiger partial charge is 0.246 e. The first-order valence-electron chi connectivity index (χ1n) is 8.34. The summed E-state index contributed by atoms with van der Waals surface area (Å²) in [5.74, 6) is 0.0202. The highest BCUT2D eigenvalue weighted by molar-refractivity contribution is 7.16. The minimum Gasteiger partial charge on any atom is -0.333 e. The molecule has 1 aromatic carbocycles. The summed E-state index contributed by atoms with van der Waals surface area (Å²) in [7, 11) is 1.91. The number of carbonyl (C=O) groups excluding carboxylic acids is 1. The van der Waals surface area contributed by atoms with Crippen molar-refractivity contribution in [2.45, 2.75) is 12.5 Å². The Bertz CT molecular complexity index is 991. The fourth-order valence-electron chi connectivity index (χ4n) is 3.57. The van der Waals surface area contributed by atoms with E-state index < -0.39 is 0 Å². The number of fused-ring (bicyclic) bond motifs is 1. The molecule has 6 heteroatoms. The van der Waals surface area contributed by atoms with Gasteiger partial charge in [-0.1, -0.05) is 42.4 Å². The van der Waals surface area contributed by atoms with Crippen molar-refractivity contribution in [1.82, 2.24) is 14.7 Å². The van der Waals surface area contributed by atoms with Crippen LogP contribution in [0.15, 0.2) is 55.4 Å². The van der Waals surface area contributed by atoms with Crippen molar-refractivity contribution >= 4 is 28.8 Å². The Morgan fingerprint density at radius 1 is 1.38 bits per heavy atom. The van der Waals surface area contributed by atoms with Crippen LogP contribution in [0, 0.1) is 0 Å². The maximum atomic E-state index is 12.3. The van der Waals surface area contributed by atoms with Gasteiger partial charge >= 0.3 is 0 Å². The first kappa shape index (κ1) is 17.1. The molecule has 0 fully saturated rings. The van der Waals surface area contributed by atoms with Gasteiger partial charge in [0, 0.05) is 36.1 Å². The molecule has 4 rings (SSSR count). The van der Waals surface area contributed by atoms with Gasteiger partial charge in [-0.15, -0.1) is 11.3 Å². The number of amides is 1. The van der Waals surface area contributed by atoms with Crippen LogP contribution in [0.3, 0.4) is 0 Å². The lowest BCUT2D eigenvalue weighted by Gasteiger charge is -2.33. The van der Waals surface area contributed by atoms with Crippen molar-refractivity contribution in [3.63, 3.8) is 0 Å². The topological polar surface area (TPSA) is 38.1 Å². The molecule has 0 aliphatic carbocycles. The largest absolute Gasteiger partial charge is 0.333 e. The Labute approximate surface area is 161 Å². The molecule has 3 heterocycles. The summed E-state index contributed by atoms with van der Waals surface area (Å²) in [5.41, 5.74) is 4.59. The van der Waals surface area contributed by atoms with Crippen LogP contribution >= 0.6 is 22.9 Å². The minimum absolute atomic E-state index is 0.0518. The molecule has 0 spiro atoms. The zero-order valence-electron chi connectivity index (χ0n) is 14.4. The van der Waals surface area contributed by atoms with E-state index in [1.807, 2.05) is 42.5 Å². The number of thiophene rings is 1. The summed E-state index contributed by atoms with van der Waals surface area (Å²) >= 11 is 7.85. The van der Waals surface area contributed by atoms with Crippen LogP contribution in [-0.2, 0) is 18.4 Å². The summed E-state index contributed by atoms with van der Waals surface area (Å²) in [5, 5.41) is 4.30. The molecular formula is C20H18ClN3OS. The van der Waals surface area contributed by atoms with Crippen LogP contribution in [0.4, 0.5) is 0 Å². The summed E-state index contributed by atoms with van der Waals surface area (Å²) < 4.78 is 2.56. The Morgan fingerprint density at radius 3 is 2.92 bits per heavy atom. The van der Waals surface area contributed by atoms with Crippen molar-refractivity contribution in [3.8, 4) is 11.1 Å². The standard InChI is InChI=1S/C20H18ClN3OS/c1-3-20(25)24-11-17(16-8-19(21)26-18(16)12-24)15-7-5-4-6-14(15)13-9-22-23(2)10-13/h3-10,17H,1,11-12H2,2H3. The van der Waals surface area contributed by atoms with Crippen LogP contribution in [0.2, 0.25) is 4.34 Å². The van der Waals surface area contributed by atoms with Gasteiger partial charge < -0.3 is 4.90 Å². The van der Waals surface area contributed by atoms with E-state index in [0.717, 1.165) is 20.3 Å². The molecule has 1 unspecified atom stereocenters. The number of aryl methyl sites for hydroxylation is 1. The monoisotopic (exact) mass is 383 g/mol. The van der Waals surface area contributed by atoms with E-state index in [4.69, 9.17) is 11.6 Å². The molecule has 1 atom stereocenters. The van der Waals surface area contributed by atoms with E-state index in [1.165, 1.54) is 17.2 Å². The average Bonchev–Trinajstić information content (AvgIpc) is 3.24. The first-order valence-corrected chi connectivity index (χ1v) is 9.53. The predicted octanol–water partition coefficient (Wildman–Crippen LogP) is 4.46. The van der Waals surface area contributed by atoms with Gasteiger partial charge in [-0.2, -0.15) is 5.10 Å². The van der Waals surface area contributed by atoms with Gasteiger partial charge in [0.05, 0.1) is 17.1 Å². The van der Waals surface area contributed by atoms with Crippen molar-refractivity contribution in [1.29, 1.82) is 0 Å². The van der Waals surface area contributed by atoms with Gasteiger partial charge in [0.2, 0.25) is 5.91 Å². The number of aromatic nitrogens is 2. The van der Waals surface area contributed by atoms with Gasteiger partial charge in [-0.25, -0.2) is 0 Å². The number of carbonyl (C=O) groups is 1. The SMILES string of the molecule is C=CC(=O)N1Cc2sc(Cl)cc2C(c2ccccc2-c2cnn(C)c2)C1. The van der Waals surface area contributed by atoms with Gasteiger partial charge in [0.1, 0.15) is 0 Å². The van der Waals surface area contributed by atoms with Crippen molar-refractivity contribution < 1.29 is 4.79 Å². The van der Waals surface area contributed by atoms with Gasteiger partial charge in [-0.05, 0) is 28.8 Å². The number of rotatable bonds is 3. The number of hydrogen-bond acceptors (Lipinski definition) is 3. The highest BCUT2D eigenvalue weighted by atomic mass is 35.5. The van der Waals surface area contributed by atoms with Crippen molar-refractivity contribution in [2.75, 3.05) is 6.54 Å². The Kier molecular flexibility index (Phi) is 4.42. The summed E-state index contributed by atoms with van der Waals surface area (Å²) in [6.07, 6.45) is 5.26. The highest BCUT2D eigenvalue weighted by Crippen LogP contribution is 2.42. The van der Waals surface area contributed by atoms with Crippen LogP contribution in [0.5, 0.6) is 0 Å². The second kappa shape index (κ2) is 6.74. The molecule has 1 aliphatic rings. The van der Waals surface area contributed by atoms with E-state index in [2.05, 4.69) is 23.8 Å². The molecular weight excluding hydrogens is 366 g/mol. The fourth-order valence-corrected chi connectivity index (χ4v) is 4.93. The summed E-state index contributed by atoms with van der Waals surface area (Å²) in [6.45, 7) is 4.84. The predicted molar refractivity (Wildman–Crippen MR) is 105 cm³/mol. The average molecular weight is 384 g/mol. The zero-order chi connectivity index (χ0) is 18.3. The Hall–Kier alpha value is -2.37. The van der Waals surface area contributed by atoms with Gasteiger partial charge in [0.15, 0.2) is 0 Å². The molecule has 1 amide bonds. The Balaban J connectivity index is 1.84. The number of nitrogens with zero attached hydrogens (tertiary/aromatic N) is 3. The van der Waals surface area contributed by atoms with Gasteiger partial charge in [0.25, 0.3) is 0 Å². The van der Waals surface area contributed by atoms with E-state index in [9.17, 15) is 4.79 Å². The van der Waals surface area contributed by atoms with Crippen LogP contribution in [0.25, 0.3) is 11.1 Å². The minimum atomic E-state index is -0.0518. The lowest BCUT2D eigenvalue weighted by atomic mass is 9.84. The fraction of sp³-hybridized carbons (Fsp3) is 0.200. The maximum absolute atomic E-state index is 12.3. The molecule has 0 N–H and O–H groups in total. The maximum Gasteiger partial charge on any atom is 0.246 e. The molecule has 1 aliphatic heterocycles. The molecule has 26 heavy (non-hydrogen) atoms. The Morgan fingerprint density at radius 2 is 2.19 bits per heavy atom. The molecule has 0 bridgehead atoms. The number of hydrogen-bond donors (Lipinski definition) is 0. The van der Waals surface area contributed by atoms with Crippen molar-refractivity contribution in [3.05, 3.63) is 75.7 Å². The highest BCUT2D eigenvalue weighted by Gasteiger charge is 2.31. The molecule has 2 aromatic heterocycles. The quantitative estimate of drug-likeness (QED) is 0.626. The molecule has 0 saturated heterocycles. The van der Waals surface area contributed by atoms with E-state index >= 15 is 0 Å². The summed E-state index contributed by atoms with van der Waals surface area (Å²) in [4.78, 5) is 15.3. The third-order valence-electron chi connectivity index (χ3n) is 4.76. The normalized spacial score (nSPS) is 16.4. The van der Waals surface area contributed by atoms with E-state index in [0.29, 0.717) is 13.1 Å². The zero-order valence-corrected chi connectivity index (χ0v) is 15.9. The van der Waals surface area contributed by atoms with Crippen LogP contribution < -0.4 is 0 Å². The lowest BCUT2D eigenvalue weighted by molar-refractivity contribution is -0.127. The second-order valence-electron chi connectivity index (χ2n) is 6.39. The van der Waals surface area contributed by atoms with Crippen molar-refractivity contribution in [2.24, 2.45) is 7.05 Å². The number of benzene rings is 1. The molecule has 4 nitrogen and oxygen atoms in total. The third-order valence-corrected chi connectivity index (χ3v) is 6.03. The molecule has 132 valence electrons. The van der Waals surface area contributed by atoms with Crippen LogP contribution in [0.1, 0.15) is 21.9 Å². The van der Waals surface area contributed by atoms with E-state index in [1.54, 1.807) is 16.0 Å². The first-order chi connectivity index (χ1) is 12.6. The van der Waals surface area contributed by atoms with E-state index in [-0.39, 0.29) is 11.8 Å². The number of halogens is 1. The van der Waals surface area contributed by atoms with Crippen LogP contribution in [-0.4, -0.2) is 27.1 Å². The molecule has 0 saturated carbocycles. The second-order valence-corrected chi connectivity index (χ2v) is 8.16. The third kappa shape index (κ3) is 2.97. The lowest BCUT2D eigenvalue weighted by Crippen LogP contribution is -2.37. The summed E-state index contributed by atoms with van der Waals surface area (Å²) in [6, 6.07) is 10.3. The molecule has 0 radical (unpaired) electrons. The van der Waals surface area contributed by atoms with Gasteiger partial charge in [-0.3, -0.25) is 9.48 Å². The molecule has 3 aromatic rings.